The number of nitrogens with one attached hydrogen (secondary N) is 2. The molecule has 1 saturated carbocycles. The molecule has 1 aliphatic heterocycles. The molecular weight excluding hydrogens is 652 g/mol. The fourth-order valence-electron chi connectivity index (χ4n) is 7.56. The van der Waals surface area contributed by atoms with Gasteiger partial charge in [-0.2, -0.15) is 0 Å². The number of carbonyl (C=O) groups is 3. The second-order valence-corrected chi connectivity index (χ2v) is 12.6. The van der Waals surface area contributed by atoms with Gasteiger partial charge < -0.3 is 39.4 Å². The van der Waals surface area contributed by atoms with E-state index in [1.807, 2.05) is 36.4 Å². The SMILES string of the molecule is COc1ccc([C@]23Oc4cc(OC)cc(OC)c4[C@](O)([C@H](c4ccccc4)[C@H]2C(=O)NCCCCNC(=O)c2ccccc2)[C@@H]3OC(C)=O)cc1. The Morgan fingerprint density at radius 3 is 2.02 bits per heavy atom. The molecule has 4 aromatic rings. The molecule has 11 heteroatoms. The molecule has 5 atom stereocenters. The number of methoxy groups -OCH3 is 3. The molecule has 0 spiro atoms. The maximum absolute atomic E-state index is 14.8. The standard InChI is InChI=1S/C40H42N2O9/c1-25(43)50-38-39(46)33(26-13-7-5-8-14-26)35(37(45)42-22-12-11-21-41-36(44)27-15-9-6-10-16-27)40(38,28-17-19-29(47-2)20-18-28)51-32-24-30(48-3)23-31(49-4)34(32)39/h5-10,13-20,23-24,33,35,38,46H,11-12,21-22H2,1-4H3,(H,41,44)(H,42,45)/t33-,35+,38+,39-,40+/m1/s1. The van der Waals surface area contributed by atoms with Crippen LogP contribution in [0.25, 0.3) is 0 Å². The number of carbonyl (C=O) groups excluding carboxylic acids is 3. The number of amides is 2. The highest BCUT2D eigenvalue weighted by atomic mass is 16.6. The van der Waals surface area contributed by atoms with Crippen LogP contribution in [0, 0.1) is 5.92 Å². The van der Waals surface area contributed by atoms with E-state index in [9.17, 15) is 19.5 Å². The minimum atomic E-state index is -2.03. The molecular formula is C40H42N2O9. The zero-order valence-corrected chi connectivity index (χ0v) is 29.0. The topological polar surface area (TPSA) is 142 Å². The van der Waals surface area contributed by atoms with E-state index in [0.717, 1.165) is 0 Å². The van der Waals surface area contributed by atoms with E-state index >= 15 is 0 Å². The Morgan fingerprint density at radius 2 is 1.41 bits per heavy atom. The predicted octanol–water partition coefficient (Wildman–Crippen LogP) is 4.86. The lowest BCUT2D eigenvalue weighted by Crippen LogP contribution is -2.58. The van der Waals surface area contributed by atoms with Gasteiger partial charge in [0.15, 0.2) is 11.7 Å². The van der Waals surface area contributed by atoms with Gasteiger partial charge in [0.2, 0.25) is 5.91 Å². The van der Waals surface area contributed by atoms with Crippen LogP contribution >= 0.6 is 0 Å². The molecule has 4 aromatic carbocycles. The van der Waals surface area contributed by atoms with Crippen LogP contribution in [0.4, 0.5) is 0 Å². The second kappa shape index (κ2) is 14.7. The van der Waals surface area contributed by atoms with Gasteiger partial charge in [0.05, 0.1) is 32.8 Å². The maximum atomic E-state index is 14.8. The lowest BCUT2D eigenvalue weighted by Gasteiger charge is -2.46. The molecule has 0 saturated heterocycles. The predicted molar refractivity (Wildman–Crippen MR) is 188 cm³/mol. The van der Waals surface area contributed by atoms with E-state index in [2.05, 4.69) is 10.6 Å². The smallest absolute Gasteiger partial charge is 0.303 e. The van der Waals surface area contributed by atoms with Gasteiger partial charge in [-0.15, -0.1) is 0 Å². The quantitative estimate of drug-likeness (QED) is 0.132. The number of benzene rings is 4. The first-order valence-electron chi connectivity index (χ1n) is 16.8. The Kier molecular flexibility index (Phi) is 10.2. The van der Waals surface area contributed by atoms with Gasteiger partial charge >= 0.3 is 5.97 Å². The van der Waals surface area contributed by atoms with Crippen molar-refractivity contribution < 1.29 is 43.2 Å². The second-order valence-electron chi connectivity index (χ2n) is 12.6. The van der Waals surface area contributed by atoms with Gasteiger partial charge in [-0.3, -0.25) is 14.4 Å². The zero-order chi connectivity index (χ0) is 36.2. The van der Waals surface area contributed by atoms with Crippen molar-refractivity contribution in [1.82, 2.24) is 10.6 Å². The van der Waals surface area contributed by atoms with E-state index < -0.39 is 41.0 Å². The van der Waals surface area contributed by atoms with Crippen LogP contribution in [0.3, 0.4) is 0 Å². The van der Waals surface area contributed by atoms with Gasteiger partial charge in [0, 0.05) is 49.2 Å². The Balaban J connectivity index is 1.43. The monoisotopic (exact) mass is 694 g/mol. The molecule has 1 aliphatic carbocycles. The van der Waals surface area contributed by atoms with Crippen LogP contribution in [0.1, 0.15) is 52.7 Å². The summed E-state index contributed by atoms with van der Waals surface area (Å²) in [4.78, 5) is 40.2. The average Bonchev–Trinajstić information content (AvgIpc) is 3.30. The fourth-order valence-corrected chi connectivity index (χ4v) is 7.56. The van der Waals surface area contributed by atoms with Gasteiger partial charge in [0.25, 0.3) is 5.91 Å². The Hall–Kier alpha value is -5.55. The van der Waals surface area contributed by atoms with Crippen LogP contribution in [0.2, 0.25) is 0 Å². The summed E-state index contributed by atoms with van der Waals surface area (Å²) in [6.45, 7) is 1.95. The Morgan fingerprint density at radius 1 is 0.784 bits per heavy atom. The van der Waals surface area contributed by atoms with Crippen molar-refractivity contribution in [3.8, 4) is 23.0 Å². The molecule has 6 rings (SSSR count). The van der Waals surface area contributed by atoms with Gasteiger partial charge in [-0.05, 0) is 42.7 Å². The van der Waals surface area contributed by atoms with Crippen LogP contribution in [0.15, 0.2) is 97.1 Å². The third-order valence-electron chi connectivity index (χ3n) is 9.72. The molecule has 51 heavy (non-hydrogen) atoms. The average molecular weight is 695 g/mol. The molecule has 266 valence electrons. The van der Waals surface area contributed by atoms with Crippen LogP contribution in [-0.2, 0) is 25.5 Å². The van der Waals surface area contributed by atoms with Crippen molar-refractivity contribution in [2.75, 3.05) is 34.4 Å². The van der Waals surface area contributed by atoms with Gasteiger partial charge in [-0.25, -0.2) is 0 Å². The first-order valence-corrected chi connectivity index (χ1v) is 16.8. The van der Waals surface area contributed by atoms with E-state index in [0.29, 0.717) is 47.6 Å². The van der Waals surface area contributed by atoms with Gasteiger partial charge in [-0.1, -0.05) is 60.7 Å². The summed E-state index contributed by atoms with van der Waals surface area (Å²) < 4.78 is 29.9. The summed E-state index contributed by atoms with van der Waals surface area (Å²) in [5, 5.41) is 19.4. The summed E-state index contributed by atoms with van der Waals surface area (Å²) in [7, 11) is 4.51. The molecule has 0 aromatic heterocycles. The summed E-state index contributed by atoms with van der Waals surface area (Å²) >= 11 is 0. The lowest BCUT2D eigenvalue weighted by molar-refractivity contribution is -0.193. The van der Waals surface area contributed by atoms with Crippen molar-refractivity contribution in [1.29, 1.82) is 0 Å². The maximum Gasteiger partial charge on any atom is 0.303 e. The summed E-state index contributed by atoms with van der Waals surface area (Å²) in [6.07, 6.45) is -0.239. The number of fused-ring (bicyclic) bond motifs is 4. The highest BCUT2D eigenvalue weighted by Gasteiger charge is 2.78. The molecule has 2 bridgehead atoms. The van der Waals surface area contributed by atoms with Crippen molar-refractivity contribution in [3.05, 3.63) is 119 Å². The normalized spacial score (nSPS) is 22.9. The van der Waals surface area contributed by atoms with E-state index in [1.54, 1.807) is 67.8 Å². The summed E-state index contributed by atoms with van der Waals surface area (Å²) in [5.41, 5.74) is -1.83. The number of ether oxygens (including phenoxy) is 5. The van der Waals surface area contributed by atoms with E-state index in [1.165, 1.54) is 21.1 Å². The van der Waals surface area contributed by atoms with Crippen LogP contribution in [0.5, 0.6) is 23.0 Å². The molecule has 2 aliphatic rings. The Bertz CT molecular complexity index is 1870. The minimum Gasteiger partial charge on any atom is -0.497 e. The molecule has 0 unspecified atom stereocenters. The number of hydrogen-bond acceptors (Lipinski definition) is 9. The number of esters is 1. The highest BCUT2D eigenvalue weighted by molar-refractivity contribution is 5.94. The van der Waals surface area contributed by atoms with Crippen LogP contribution in [-0.4, -0.2) is 63.4 Å². The number of unbranched alkanes of at least 4 members (excludes halogenated alkanes) is 1. The minimum absolute atomic E-state index is 0.168. The third-order valence-corrected chi connectivity index (χ3v) is 9.72. The number of aliphatic hydroxyl groups is 1. The largest absolute Gasteiger partial charge is 0.497 e. The third kappa shape index (κ3) is 6.33. The fraction of sp³-hybridized carbons (Fsp3) is 0.325. The van der Waals surface area contributed by atoms with E-state index in [4.69, 9.17) is 23.7 Å². The molecule has 2 amide bonds. The van der Waals surface area contributed by atoms with Crippen molar-refractivity contribution in [3.63, 3.8) is 0 Å². The Labute approximate surface area is 296 Å². The molecule has 11 nitrogen and oxygen atoms in total. The molecule has 0 radical (unpaired) electrons. The van der Waals surface area contributed by atoms with Crippen molar-refractivity contribution in [2.45, 2.75) is 43.0 Å². The van der Waals surface area contributed by atoms with E-state index in [-0.39, 0.29) is 29.5 Å². The lowest BCUT2D eigenvalue weighted by atomic mass is 9.74. The molecule has 1 heterocycles. The first-order chi connectivity index (χ1) is 24.7. The molecule has 1 fully saturated rings. The van der Waals surface area contributed by atoms with Crippen molar-refractivity contribution in [2.24, 2.45) is 5.92 Å². The number of rotatable bonds is 13. The molecule has 3 N–H and O–H groups in total. The first kappa shape index (κ1) is 35.3. The zero-order valence-electron chi connectivity index (χ0n) is 29.0. The van der Waals surface area contributed by atoms with Crippen LogP contribution < -0.4 is 29.6 Å². The number of hydrogen-bond donors (Lipinski definition) is 3. The summed E-state index contributed by atoms with van der Waals surface area (Å²) in [6, 6.07) is 28.3. The van der Waals surface area contributed by atoms with Crippen molar-refractivity contribution >= 4 is 17.8 Å². The van der Waals surface area contributed by atoms with Gasteiger partial charge in [0.1, 0.15) is 28.6 Å². The highest BCUT2D eigenvalue weighted by Crippen LogP contribution is 2.69. The summed E-state index contributed by atoms with van der Waals surface area (Å²) in [5.74, 6) is -1.94.